The maximum atomic E-state index is 10.5. The molecule has 0 aliphatic carbocycles. The zero-order valence-electron chi connectivity index (χ0n) is 6.31. The van der Waals surface area contributed by atoms with Gasteiger partial charge in [-0.15, -0.1) is 0 Å². The Hall–Kier alpha value is -0.620. The first-order valence-electron chi connectivity index (χ1n) is 3.02. The molecule has 3 N–H and O–H groups in total. The van der Waals surface area contributed by atoms with Crippen LogP contribution < -0.4 is 5.73 Å². The minimum absolute atomic E-state index is 0.512. The molecule has 0 bridgehead atoms. The second kappa shape index (κ2) is 3.19. The molecule has 0 fully saturated rings. The molecule has 0 aliphatic rings. The van der Waals surface area contributed by atoms with Crippen LogP contribution >= 0.6 is 0 Å². The number of primary amides is 1. The molecular weight excluding hydrogens is 170 g/mol. The molecule has 0 aliphatic heterocycles. The average molecular weight is 181 g/mol. The summed E-state index contributed by atoms with van der Waals surface area (Å²) in [6.45, 7) is 2.98. The van der Waals surface area contributed by atoms with Crippen molar-refractivity contribution in [2.75, 3.05) is 0 Å². The third-order valence-electron chi connectivity index (χ3n) is 1.21. The number of carbonyl (C=O) groups excluding carboxylic acids is 1. The third-order valence-corrected chi connectivity index (χ3v) is 2.63. The molecule has 0 heterocycles. The summed E-state index contributed by atoms with van der Waals surface area (Å²) in [6.07, 6.45) is 0. The quantitative estimate of drug-likeness (QED) is 0.567. The molecule has 1 unspecified atom stereocenters. The van der Waals surface area contributed by atoms with Crippen molar-refractivity contribution in [1.82, 2.24) is 0 Å². The Labute approximate surface area is 65.3 Å². The molecule has 66 valence electrons. The summed E-state index contributed by atoms with van der Waals surface area (Å²) in [5.74, 6) is -1.54. The molecule has 0 aromatic rings. The van der Waals surface area contributed by atoms with Crippen LogP contribution in [0, 0.1) is 5.92 Å². The van der Waals surface area contributed by atoms with Crippen molar-refractivity contribution in [2.45, 2.75) is 19.1 Å². The maximum absolute atomic E-state index is 10.5. The Morgan fingerprint density at radius 3 is 1.82 bits per heavy atom. The predicted molar refractivity (Wildman–Crippen MR) is 39.4 cm³/mol. The van der Waals surface area contributed by atoms with Crippen LogP contribution in [0.15, 0.2) is 0 Å². The normalized spacial score (nSPS) is 14.9. The Morgan fingerprint density at radius 1 is 1.45 bits per heavy atom. The van der Waals surface area contributed by atoms with Crippen molar-refractivity contribution in [3.8, 4) is 0 Å². The van der Waals surface area contributed by atoms with Crippen LogP contribution in [0.1, 0.15) is 13.8 Å². The maximum Gasteiger partial charge on any atom is 0.277 e. The van der Waals surface area contributed by atoms with E-state index in [1.807, 2.05) is 0 Å². The highest BCUT2D eigenvalue weighted by atomic mass is 32.2. The molecule has 5 nitrogen and oxygen atoms in total. The van der Waals surface area contributed by atoms with Gasteiger partial charge in [-0.25, -0.2) is 0 Å². The molecular formula is C5H11NO4S. The molecule has 0 saturated carbocycles. The Balaban J connectivity index is 4.79. The summed E-state index contributed by atoms with van der Waals surface area (Å²) in [5, 5.41) is -1.50. The lowest BCUT2D eigenvalue weighted by Gasteiger charge is -2.12. The van der Waals surface area contributed by atoms with Crippen LogP contribution in [0.3, 0.4) is 0 Å². The first kappa shape index (κ1) is 10.4. The van der Waals surface area contributed by atoms with Crippen LogP contribution in [0.4, 0.5) is 0 Å². The first-order valence-corrected chi connectivity index (χ1v) is 4.52. The Bertz CT molecular complexity index is 243. The Morgan fingerprint density at radius 2 is 1.82 bits per heavy atom. The lowest BCUT2D eigenvalue weighted by Crippen LogP contribution is -2.39. The summed E-state index contributed by atoms with van der Waals surface area (Å²) in [7, 11) is -4.34. The number of hydrogen-bond acceptors (Lipinski definition) is 3. The monoisotopic (exact) mass is 181 g/mol. The van der Waals surface area contributed by atoms with Crippen molar-refractivity contribution in [2.24, 2.45) is 11.7 Å². The summed E-state index contributed by atoms with van der Waals surface area (Å²) in [6, 6.07) is 0. The largest absolute Gasteiger partial charge is 0.368 e. The molecule has 1 atom stereocenters. The van der Waals surface area contributed by atoms with Crippen molar-refractivity contribution in [3.63, 3.8) is 0 Å². The number of amides is 1. The minimum atomic E-state index is -4.34. The molecule has 0 aromatic carbocycles. The second-order valence-corrected chi connectivity index (χ2v) is 4.12. The highest BCUT2D eigenvalue weighted by Crippen LogP contribution is 2.09. The van der Waals surface area contributed by atoms with Crippen molar-refractivity contribution in [3.05, 3.63) is 0 Å². The lowest BCUT2D eigenvalue weighted by molar-refractivity contribution is -0.118. The van der Waals surface area contributed by atoms with E-state index in [0.29, 0.717) is 0 Å². The van der Waals surface area contributed by atoms with E-state index in [2.05, 4.69) is 0 Å². The summed E-state index contributed by atoms with van der Waals surface area (Å²) >= 11 is 0. The fraction of sp³-hybridized carbons (Fsp3) is 0.800. The van der Waals surface area contributed by atoms with Gasteiger partial charge in [-0.05, 0) is 5.92 Å². The summed E-state index contributed by atoms with van der Waals surface area (Å²) in [5.41, 5.74) is 4.75. The van der Waals surface area contributed by atoms with Gasteiger partial charge >= 0.3 is 0 Å². The number of nitrogens with two attached hydrogens (primary N) is 1. The van der Waals surface area contributed by atoms with Gasteiger partial charge in [0.15, 0.2) is 5.25 Å². The highest BCUT2D eigenvalue weighted by molar-refractivity contribution is 7.87. The zero-order chi connectivity index (χ0) is 9.23. The average Bonchev–Trinajstić information content (AvgIpc) is 1.54. The van der Waals surface area contributed by atoms with Crippen molar-refractivity contribution >= 4 is 16.0 Å². The molecule has 0 rings (SSSR count). The van der Waals surface area contributed by atoms with Crippen LogP contribution in [0.25, 0.3) is 0 Å². The SMILES string of the molecule is CC(C)C(C(N)=O)S(=O)(=O)O. The lowest BCUT2D eigenvalue weighted by atomic mass is 10.1. The van der Waals surface area contributed by atoms with Gasteiger partial charge in [0.05, 0.1) is 0 Å². The smallest absolute Gasteiger partial charge is 0.277 e. The van der Waals surface area contributed by atoms with Gasteiger partial charge in [-0.2, -0.15) is 8.42 Å². The van der Waals surface area contributed by atoms with Gasteiger partial charge in [0.25, 0.3) is 10.1 Å². The number of rotatable bonds is 3. The Kier molecular flexibility index (Phi) is 3.01. The number of hydrogen-bond donors (Lipinski definition) is 2. The van der Waals surface area contributed by atoms with E-state index in [1.165, 1.54) is 13.8 Å². The molecule has 1 amide bonds. The fourth-order valence-corrected chi connectivity index (χ4v) is 1.80. The van der Waals surface area contributed by atoms with E-state index in [4.69, 9.17) is 10.3 Å². The molecule has 0 radical (unpaired) electrons. The van der Waals surface area contributed by atoms with Crippen LogP contribution in [0.5, 0.6) is 0 Å². The van der Waals surface area contributed by atoms with Gasteiger partial charge in [0.2, 0.25) is 5.91 Å². The van der Waals surface area contributed by atoms with E-state index in [1.54, 1.807) is 0 Å². The van der Waals surface area contributed by atoms with Gasteiger partial charge < -0.3 is 5.73 Å². The molecule has 11 heavy (non-hydrogen) atoms. The molecule has 6 heteroatoms. The third kappa shape index (κ3) is 2.85. The highest BCUT2D eigenvalue weighted by Gasteiger charge is 2.31. The van der Waals surface area contributed by atoms with Gasteiger partial charge in [-0.1, -0.05) is 13.8 Å². The van der Waals surface area contributed by atoms with Crippen LogP contribution in [0.2, 0.25) is 0 Å². The van der Waals surface area contributed by atoms with E-state index in [9.17, 15) is 13.2 Å². The first-order chi connectivity index (χ1) is 4.76. The summed E-state index contributed by atoms with van der Waals surface area (Å²) < 4.78 is 29.4. The minimum Gasteiger partial charge on any atom is -0.368 e. The topological polar surface area (TPSA) is 97.5 Å². The second-order valence-electron chi connectivity index (χ2n) is 2.58. The van der Waals surface area contributed by atoms with Gasteiger partial charge in [-0.3, -0.25) is 9.35 Å². The molecule has 0 saturated heterocycles. The fourth-order valence-electron chi connectivity index (χ4n) is 0.819. The van der Waals surface area contributed by atoms with Crippen molar-refractivity contribution < 1.29 is 17.8 Å². The zero-order valence-corrected chi connectivity index (χ0v) is 7.13. The molecule has 0 aromatic heterocycles. The predicted octanol–water partition coefficient (Wildman–Crippen LogP) is -0.616. The molecule has 0 spiro atoms. The van der Waals surface area contributed by atoms with Gasteiger partial charge in [0, 0.05) is 0 Å². The van der Waals surface area contributed by atoms with E-state index >= 15 is 0 Å². The van der Waals surface area contributed by atoms with Gasteiger partial charge in [0.1, 0.15) is 0 Å². The van der Waals surface area contributed by atoms with Crippen LogP contribution in [-0.2, 0) is 14.9 Å². The van der Waals surface area contributed by atoms with E-state index < -0.39 is 27.2 Å². The van der Waals surface area contributed by atoms with Crippen LogP contribution in [-0.4, -0.2) is 24.1 Å². The summed E-state index contributed by atoms with van der Waals surface area (Å²) in [4.78, 5) is 10.5. The van der Waals surface area contributed by atoms with Crippen molar-refractivity contribution in [1.29, 1.82) is 0 Å². The standard InChI is InChI=1S/C5H11NO4S/c1-3(2)4(5(6)7)11(8,9)10/h3-4H,1-2H3,(H2,6,7)(H,8,9,10). The number of carbonyl (C=O) groups is 1. The van der Waals surface area contributed by atoms with E-state index in [0.717, 1.165) is 0 Å². The van der Waals surface area contributed by atoms with E-state index in [-0.39, 0.29) is 0 Å².